The van der Waals surface area contributed by atoms with Gasteiger partial charge in [0, 0.05) is 11.8 Å². The molecule has 27 heavy (non-hydrogen) atoms. The number of ether oxygens (including phenoxy) is 1. The van der Waals surface area contributed by atoms with Crippen molar-refractivity contribution in [1.82, 2.24) is 10.2 Å². The summed E-state index contributed by atoms with van der Waals surface area (Å²) in [5.74, 6) is 0.394. The summed E-state index contributed by atoms with van der Waals surface area (Å²) in [5, 5.41) is 5.80. The third-order valence-corrected chi connectivity index (χ3v) is 4.21. The first kappa shape index (κ1) is 20.5. The number of hydrogen-bond acceptors (Lipinski definition) is 4. The third-order valence-electron chi connectivity index (χ3n) is 4.21. The van der Waals surface area contributed by atoms with Gasteiger partial charge in [-0.2, -0.15) is 0 Å². The average molecular weight is 369 g/mol. The molecule has 0 aliphatic rings. The van der Waals surface area contributed by atoms with E-state index in [1.54, 1.807) is 24.1 Å². The van der Waals surface area contributed by atoms with Crippen LogP contribution in [0.3, 0.4) is 0 Å². The molecular formula is C21H27N3O3. The summed E-state index contributed by atoms with van der Waals surface area (Å²) >= 11 is 0. The number of carbonyl (C=O) groups is 2. The molecule has 2 amide bonds. The van der Waals surface area contributed by atoms with Crippen molar-refractivity contribution < 1.29 is 14.3 Å². The van der Waals surface area contributed by atoms with Gasteiger partial charge in [0.25, 0.3) is 0 Å². The SMILES string of the molecule is CCN(CC(=O)Nc1cccc(OC)c1)CC(=O)N[C@H](C)c1ccccc1. The summed E-state index contributed by atoms with van der Waals surface area (Å²) < 4.78 is 5.15. The highest BCUT2D eigenvalue weighted by Gasteiger charge is 2.15. The summed E-state index contributed by atoms with van der Waals surface area (Å²) in [6.45, 7) is 4.77. The largest absolute Gasteiger partial charge is 0.497 e. The number of amides is 2. The van der Waals surface area contributed by atoms with Crippen LogP contribution in [0.4, 0.5) is 5.69 Å². The van der Waals surface area contributed by atoms with E-state index >= 15 is 0 Å². The van der Waals surface area contributed by atoms with Crippen molar-refractivity contribution in [2.24, 2.45) is 0 Å². The Balaban J connectivity index is 1.84. The first-order chi connectivity index (χ1) is 13.0. The van der Waals surface area contributed by atoms with Crippen LogP contribution in [0.15, 0.2) is 54.6 Å². The highest BCUT2D eigenvalue weighted by molar-refractivity contribution is 5.92. The minimum Gasteiger partial charge on any atom is -0.497 e. The molecule has 0 unspecified atom stereocenters. The fraction of sp³-hybridized carbons (Fsp3) is 0.333. The maximum absolute atomic E-state index is 12.3. The van der Waals surface area contributed by atoms with Gasteiger partial charge in [0.2, 0.25) is 11.8 Å². The molecule has 6 nitrogen and oxygen atoms in total. The van der Waals surface area contributed by atoms with Gasteiger partial charge in [0.05, 0.1) is 26.2 Å². The minimum atomic E-state index is -0.172. The highest BCUT2D eigenvalue weighted by atomic mass is 16.5. The summed E-state index contributed by atoms with van der Waals surface area (Å²) in [4.78, 5) is 26.4. The van der Waals surface area contributed by atoms with Gasteiger partial charge in [0.1, 0.15) is 5.75 Å². The molecule has 0 heterocycles. The van der Waals surface area contributed by atoms with Crippen LogP contribution in [-0.4, -0.2) is 43.5 Å². The zero-order valence-corrected chi connectivity index (χ0v) is 16.1. The van der Waals surface area contributed by atoms with Crippen LogP contribution in [0.25, 0.3) is 0 Å². The lowest BCUT2D eigenvalue weighted by Crippen LogP contribution is -2.41. The zero-order chi connectivity index (χ0) is 19.6. The van der Waals surface area contributed by atoms with E-state index in [4.69, 9.17) is 4.74 Å². The Morgan fingerprint density at radius 2 is 1.74 bits per heavy atom. The number of rotatable bonds is 9. The molecule has 2 aromatic rings. The summed E-state index contributed by atoms with van der Waals surface area (Å²) in [6.07, 6.45) is 0. The number of benzene rings is 2. The molecule has 6 heteroatoms. The van der Waals surface area contributed by atoms with Gasteiger partial charge in [-0.15, -0.1) is 0 Å². The highest BCUT2D eigenvalue weighted by Crippen LogP contribution is 2.16. The number of nitrogens with zero attached hydrogens (tertiary/aromatic N) is 1. The molecule has 144 valence electrons. The van der Waals surface area contributed by atoms with Crippen molar-refractivity contribution >= 4 is 17.5 Å². The number of methoxy groups -OCH3 is 1. The van der Waals surface area contributed by atoms with Crippen molar-refractivity contribution in [2.45, 2.75) is 19.9 Å². The maximum Gasteiger partial charge on any atom is 0.238 e. The minimum absolute atomic E-state index is 0.0805. The number of nitrogens with one attached hydrogen (secondary N) is 2. The zero-order valence-electron chi connectivity index (χ0n) is 16.1. The smallest absolute Gasteiger partial charge is 0.238 e. The standard InChI is InChI=1S/C21H27N3O3/c1-4-24(14-20(25)22-16(2)17-9-6-5-7-10-17)15-21(26)23-18-11-8-12-19(13-18)27-3/h5-13,16H,4,14-15H2,1-3H3,(H,22,25)(H,23,26)/t16-/m1/s1. The predicted molar refractivity (Wildman–Crippen MR) is 107 cm³/mol. The van der Waals surface area contributed by atoms with Crippen LogP contribution in [0.5, 0.6) is 5.75 Å². The van der Waals surface area contributed by atoms with E-state index in [0.717, 1.165) is 5.56 Å². The fourth-order valence-electron chi connectivity index (χ4n) is 2.70. The monoisotopic (exact) mass is 369 g/mol. The Morgan fingerprint density at radius 1 is 1.04 bits per heavy atom. The Bertz CT molecular complexity index is 749. The quantitative estimate of drug-likeness (QED) is 0.713. The molecule has 0 spiro atoms. The van der Waals surface area contributed by atoms with Crippen LogP contribution >= 0.6 is 0 Å². The lowest BCUT2D eigenvalue weighted by molar-refractivity contribution is -0.123. The van der Waals surface area contributed by atoms with E-state index < -0.39 is 0 Å². The Labute approximate surface area is 160 Å². The van der Waals surface area contributed by atoms with E-state index in [9.17, 15) is 9.59 Å². The van der Waals surface area contributed by atoms with Crippen LogP contribution in [0, 0.1) is 0 Å². The van der Waals surface area contributed by atoms with Crippen LogP contribution in [0.1, 0.15) is 25.5 Å². The number of carbonyl (C=O) groups excluding carboxylic acids is 2. The molecule has 0 aliphatic heterocycles. The van der Waals surface area contributed by atoms with Crippen LogP contribution < -0.4 is 15.4 Å². The topological polar surface area (TPSA) is 70.7 Å². The van der Waals surface area contributed by atoms with Crippen molar-refractivity contribution in [2.75, 3.05) is 32.1 Å². The van der Waals surface area contributed by atoms with Gasteiger partial charge in [0.15, 0.2) is 0 Å². The first-order valence-corrected chi connectivity index (χ1v) is 9.02. The van der Waals surface area contributed by atoms with Gasteiger partial charge >= 0.3 is 0 Å². The van der Waals surface area contributed by atoms with E-state index in [1.807, 2.05) is 56.3 Å². The average Bonchev–Trinajstić information content (AvgIpc) is 2.68. The lowest BCUT2D eigenvalue weighted by atomic mass is 10.1. The van der Waals surface area contributed by atoms with Gasteiger partial charge in [-0.1, -0.05) is 43.3 Å². The molecule has 0 saturated heterocycles. The third kappa shape index (κ3) is 6.75. The molecule has 0 bridgehead atoms. The van der Waals surface area contributed by atoms with Crippen LogP contribution in [0.2, 0.25) is 0 Å². The van der Waals surface area contributed by atoms with E-state index in [0.29, 0.717) is 18.0 Å². The van der Waals surface area contributed by atoms with Gasteiger partial charge in [-0.05, 0) is 31.2 Å². The molecule has 0 saturated carbocycles. The second-order valence-corrected chi connectivity index (χ2v) is 6.28. The summed E-state index contributed by atoms with van der Waals surface area (Å²) in [5.41, 5.74) is 1.71. The molecular weight excluding hydrogens is 342 g/mol. The Kier molecular flexibility index (Phi) is 7.82. The number of likely N-dealkylation sites (N-methyl/N-ethyl adjacent to an activating group) is 1. The second kappa shape index (κ2) is 10.3. The Morgan fingerprint density at radius 3 is 2.41 bits per heavy atom. The Hall–Kier alpha value is -2.86. The van der Waals surface area contributed by atoms with Crippen molar-refractivity contribution in [3.63, 3.8) is 0 Å². The van der Waals surface area contributed by atoms with Crippen LogP contribution in [-0.2, 0) is 9.59 Å². The van der Waals surface area contributed by atoms with Gasteiger partial charge in [-0.3, -0.25) is 14.5 Å². The van der Waals surface area contributed by atoms with E-state index in [2.05, 4.69) is 10.6 Å². The fourth-order valence-corrected chi connectivity index (χ4v) is 2.70. The van der Waals surface area contributed by atoms with E-state index in [-0.39, 0.29) is 30.9 Å². The summed E-state index contributed by atoms with van der Waals surface area (Å²) in [6, 6.07) is 16.9. The second-order valence-electron chi connectivity index (χ2n) is 6.28. The molecule has 0 radical (unpaired) electrons. The van der Waals surface area contributed by atoms with Crippen molar-refractivity contribution in [1.29, 1.82) is 0 Å². The van der Waals surface area contributed by atoms with Gasteiger partial charge in [-0.25, -0.2) is 0 Å². The maximum atomic E-state index is 12.3. The lowest BCUT2D eigenvalue weighted by Gasteiger charge is -2.21. The molecule has 2 rings (SSSR count). The van der Waals surface area contributed by atoms with Gasteiger partial charge < -0.3 is 15.4 Å². The summed E-state index contributed by atoms with van der Waals surface area (Å²) in [7, 11) is 1.58. The molecule has 0 aliphatic carbocycles. The predicted octanol–water partition coefficient (Wildman–Crippen LogP) is 2.83. The molecule has 1 atom stereocenters. The molecule has 0 fully saturated rings. The number of hydrogen-bond donors (Lipinski definition) is 2. The van der Waals surface area contributed by atoms with Crippen molar-refractivity contribution in [3.8, 4) is 5.75 Å². The molecule has 2 aromatic carbocycles. The number of anilines is 1. The first-order valence-electron chi connectivity index (χ1n) is 9.02. The van der Waals surface area contributed by atoms with E-state index in [1.165, 1.54) is 0 Å². The molecule has 2 N–H and O–H groups in total. The normalized spacial score (nSPS) is 11.7. The van der Waals surface area contributed by atoms with Crippen molar-refractivity contribution in [3.05, 3.63) is 60.2 Å². The molecule has 0 aromatic heterocycles.